The van der Waals surface area contributed by atoms with E-state index < -0.39 is 6.10 Å². The Morgan fingerprint density at radius 1 is 0.353 bits per heavy atom. The highest BCUT2D eigenvalue weighted by Crippen LogP contribution is 2.17. The van der Waals surface area contributed by atoms with Crippen LogP contribution in [-0.4, -0.2) is 36.4 Å². The molecule has 0 bridgehead atoms. The monoisotopic (exact) mass is 723 g/mol. The summed E-state index contributed by atoms with van der Waals surface area (Å²) >= 11 is 0. The maximum Gasteiger partial charge on any atom is 0.305 e. The van der Waals surface area contributed by atoms with Crippen molar-refractivity contribution < 1.29 is 24.2 Å². The van der Waals surface area contributed by atoms with E-state index >= 15 is 0 Å². The minimum Gasteiger partial charge on any atom is -0.463 e. The summed E-state index contributed by atoms with van der Waals surface area (Å²) in [6.45, 7) is 9.06. The van der Waals surface area contributed by atoms with Crippen LogP contribution in [0.5, 0.6) is 0 Å². The summed E-state index contributed by atoms with van der Waals surface area (Å²) in [4.78, 5) is 24.0. The third kappa shape index (κ3) is 43.2. The highest BCUT2D eigenvalue weighted by molar-refractivity contribution is 5.69. The second-order valence-electron chi connectivity index (χ2n) is 16.8. The molecule has 0 aromatic carbocycles. The molecular formula is C46H90O5. The Kier molecular flexibility index (Phi) is 39.2. The molecule has 0 aliphatic rings. The molecule has 0 spiro atoms. The van der Waals surface area contributed by atoms with Crippen molar-refractivity contribution in [2.24, 2.45) is 11.8 Å². The Morgan fingerprint density at radius 3 is 0.765 bits per heavy atom. The summed E-state index contributed by atoms with van der Waals surface area (Å²) in [6, 6.07) is 0. The van der Waals surface area contributed by atoms with Gasteiger partial charge in [0.2, 0.25) is 0 Å². The lowest BCUT2D eigenvalue weighted by atomic mass is 10.0. The molecule has 0 unspecified atom stereocenters. The maximum atomic E-state index is 12.0. The van der Waals surface area contributed by atoms with Gasteiger partial charge >= 0.3 is 11.9 Å². The van der Waals surface area contributed by atoms with Gasteiger partial charge in [-0.05, 0) is 24.7 Å². The van der Waals surface area contributed by atoms with E-state index in [1.54, 1.807) is 0 Å². The quantitative estimate of drug-likeness (QED) is 0.0502. The number of carbonyl (C=O) groups is 2. The molecule has 51 heavy (non-hydrogen) atoms. The van der Waals surface area contributed by atoms with E-state index in [1.807, 2.05) is 0 Å². The lowest BCUT2D eigenvalue weighted by Gasteiger charge is -2.12. The Labute approximate surface area is 319 Å². The molecule has 1 atom stereocenters. The van der Waals surface area contributed by atoms with Gasteiger partial charge < -0.3 is 14.6 Å². The number of hydrogen-bond acceptors (Lipinski definition) is 5. The fourth-order valence-corrected chi connectivity index (χ4v) is 6.99. The van der Waals surface area contributed by atoms with Gasteiger partial charge in [0, 0.05) is 12.8 Å². The van der Waals surface area contributed by atoms with Crippen LogP contribution >= 0.6 is 0 Å². The first-order valence-electron chi connectivity index (χ1n) is 22.8. The predicted molar refractivity (Wildman–Crippen MR) is 219 cm³/mol. The van der Waals surface area contributed by atoms with Crippen molar-refractivity contribution in [2.75, 3.05) is 13.2 Å². The fraction of sp³-hybridized carbons (Fsp3) is 0.957. The van der Waals surface area contributed by atoms with E-state index in [0.717, 1.165) is 37.5 Å². The number of ether oxygens (including phenoxy) is 2. The molecule has 0 aromatic rings. The van der Waals surface area contributed by atoms with Gasteiger partial charge in [0.05, 0.1) is 0 Å². The van der Waals surface area contributed by atoms with E-state index in [9.17, 15) is 14.7 Å². The number of unbranched alkanes of at least 4 members (excludes halogenated alkanes) is 29. The van der Waals surface area contributed by atoms with Crippen molar-refractivity contribution >= 4 is 11.9 Å². The molecular weight excluding hydrogens is 633 g/mol. The molecule has 5 heteroatoms. The highest BCUT2D eigenvalue weighted by atomic mass is 16.6. The Morgan fingerprint density at radius 2 is 0.549 bits per heavy atom. The number of hydrogen-bond donors (Lipinski definition) is 1. The molecule has 0 aromatic heterocycles. The van der Waals surface area contributed by atoms with E-state index in [1.165, 1.54) is 186 Å². The minimum atomic E-state index is -0.957. The van der Waals surface area contributed by atoms with Crippen LogP contribution in [0.2, 0.25) is 0 Å². The summed E-state index contributed by atoms with van der Waals surface area (Å²) in [5.41, 5.74) is 0. The Hall–Kier alpha value is -1.10. The molecule has 0 aliphatic heterocycles. The molecule has 0 aliphatic carbocycles. The second-order valence-corrected chi connectivity index (χ2v) is 16.8. The number of aliphatic hydroxyl groups is 1. The summed E-state index contributed by atoms with van der Waals surface area (Å²) in [6.07, 6.45) is 43.1. The number of carbonyl (C=O) groups excluding carboxylic acids is 2. The van der Waals surface area contributed by atoms with Crippen LogP contribution in [0.1, 0.15) is 252 Å². The molecule has 0 radical (unpaired) electrons. The smallest absolute Gasteiger partial charge is 0.305 e. The zero-order valence-electron chi connectivity index (χ0n) is 35.0. The van der Waals surface area contributed by atoms with E-state index in [2.05, 4.69) is 27.7 Å². The second kappa shape index (κ2) is 40.1. The lowest BCUT2D eigenvalue weighted by molar-refractivity contribution is -0.152. The van der Waals surface area contributed by atoms with Crippen LogP contribution in [0, 0.1) is 11.8 Å². The molecule has 0 fully saturated rings. The van der Waals surface area contributed by atoms with Crippen molar-refractivity contribution in [3.05, 3.63) is 0 Å². The molecule has 304 valence electrons. The third-order valence-corrected chi connectivity index (χ3v) is 10.4. The molecule has 0 heterocycles. The van der Waals surface area contributed by atoms with Crippen molar-refractivity contribution in [1.29, 1.82) is 0 Å². The summed E-state index contributed by atoms with van der Waals surface area (Å²) in [5, 5.41) is 10.1. The highest BCUT2D eigenvalue weighted by Gasteiger charge is 2.12. The largest absolute Gasteiger partial charge is 0.463 e. The van der Waals surface area contributed by atoms with E-state index in [-0.39, 0.29) is 25.2 Å². The number of esters is 2. The van der Waals surface area contributed by atoms with Crippen molar-refractivity contribution in [3.8, 4) is 0 Å². The Bertz CT molecular complexity index is 720. The lowest BCUT2D eigenvalue weighted by Crippen LogP contribution is -2.25. The van der Waals surface area contributed by atoms with Crippen molar-refractivity contribution in [1.82, 2.24) is 0 Å². The van der Waals surface area contributed by atoms with Crippen LogP contribution in [0.25, 0.3) is 0 Å². The van der Waals surface area contributed by atoms with Gasteiger partial charge in [0.1, 0.15) is 19.3 Å². The SMILES string of the molecule is CC(C)CCCCCCCCCCCCCCCCCCCCC(=O)OC[C@@H](O)COC(=O)CCCCCCCCCCCCCCCC(C)C. The first-order chi connectivity index (χ1) is 24.8. The normalized spacial score (nSPS) is 12.2. The average Bonchev–Trinajstić information content (AvgIpc) is 3.10. The van der Waals surface area contributed by atoms with E-state index in [4.69, 9.17) is 9.47 Å². The molecule has 1 N–H and O–H groups in total. The fourth-order valence-electron chi connectivity index (χ4n) is 6.99. The zero-order chi connectivity index (χ0) is 37.5. The van der Waals surface area contributed by atoms with E-state index in [0.29, 0.717) is 12.8 Å². The van der Waals surface area contributed by atoms with Crippen molar-refractivity contribution in [3.63, 3.8) is 0 Å². The topological polar surface area (TPSA) is 72.8 Å². The van der Waals surface area contributed by atoms with Gasteiger partial charge in [-0.15, -0.1) is 0 Å². The zero-order valence-corrected chi connectivity index (χ0v) is 35.0. The van der Waals surface area contributed by atoms with Crippen molar-refractivity contribution in [2.45, 2.75) is 259 Å². The maximum absolute atomic E-state index is 12.0. The molecule has 0 rings (SSSR count). The van der Waals surface area contributed by atoms with Gasteiger partial charge in [-0.25, -0.2) is 0 Å². The first-order valence-corrected chi connectivity index (χ1v) is 22.8. The average molecular weight is 723 g/mol. The van der Waals surface area contributed by atoms with Crippen LogP contribution in [-0.2, 0) is 19.1 Å². The standard InChI is InChI=1S/C46H90O5/c1-42(2)36-32-28-24-20-16-12-9-7-5-6-8-10-14-18-22-26-30-34-38-45(48)50-40-44(47)41-51-46(49)39-35-31-27-23-19-15-11-13-17-21-25-29-33-37-43(3)4/h42-44,47H,5-41H2,1-4H3/t44-/m1/s1. The molecule has 0 saturated heterocycles. The van der Waals surface area contributed by atoms with Gasteiger partial charge in [0.15, 0.2) is 0 Å². The molecule has 0 saturated carbocycles. The minimum absolute atomic E-state index is 0.108. The molecule has 0 amide bonds. The summed E-state index contributed by atoms with van der Waals surface area (Å²) < 4.78 is 10.4. The van der Waals surface area contributed by atoms with Gasteiger partial charge in [-0.3, -0.25) is 9.59 Å². The van der Waals surface area contributed by atoms with Gasteiger partial charge in [-0.2, -0.15) is 0 Å². The first kappa shape index (κ1) is 49.9. The summed E-state index contributed by atoms with van der Waals surface area (Å²) in [7, 11) is 0. The summed E-state index contributed by atoms with van der Waals surface area (Å²) in [5.74, 6) is 1.16. The number of aliphatic hydroxyl groups excluding tert-OH is 1. The van der Waals surface area contributed by atoms with Crippen LogP contribution in [0.3, 0.4) is 0 Å². The van der Waals surface area contributed by atoms with Crippen LogP contribution < -0.4 is 0 Å². The van der Waals surface area contributed by atoms with Crippen LogP contribution in [0.4, 0.5) is 0 Å². The van der Waals surface area contributed by atoms with Gasteiger partial charge in [0.25, 0.3) is 0 Å². The Balaban J connectivity index is 3.35. The predicted octanol–water partition coefficient (Wildman–Crippen LogP) is 14.4. The molecule has 5 nitrogen and oxygen atoms in total. The van der Waals surface area contributed by atoms with Gasteiger partial charge in [-0.1, -0.05) is 227 Å². The van der Waals surface area contributed by atoms with Crippen LogP contribution in [0.15, 0.2) is 0 Å². The third-order valence-electron chi connectivity index (χ3n) is 10.4. The number of rotatable bonds is 41.